The predicted octanol–water partition coefficient (Wildman–Crippen LogP) is 2.86. The SMILES string of the molecule is O=C(NCc1cc(C(F)(F)F)ccc1F)[C@@H]1CCC(=O)N(C2CC2)C1. The molecular weight excluding hydrogens is 340 g/mol. The number of benzene rings is 1. The second-order valence-electron chi connectivity index (χ2n) is 6.53. The number of rotatable bonds is 4. The third kappa shape index (κ3) is 4.11. The van der Waals surface area contributed by atoms with E-state index in [1.54, 1.807) is 4.90 Å². The van der Waals surface area contributed by atoms with Crippen molar-refractivity contribution in [2.75, 3.05) is 6.54 Å². The van der Waals surface area contributed by atoms with Gasteiger partial charge in [0, 0.05) is 31.1 Å². The number of halogens is 4. The summed E-state index contributed by atoms with van der Waals surface area (Å²) < 4.78 is 51.8. The second-order valence-corrected chi connectivity index (χ2v) is 6.53. The maximum absolute atomic E-state index is 13.7. The highest BCUT2D eigenvalue weighted by Crippen LogP contribution is 2.32. The number of carbonyl (C=O) groups excluding carboxylic acids is 2. The van der Waals surface area contributed by atoms with E-state index in [9.17, 15) is 27.2 Å². The van der Waals surface area contributed by atoms with Crippen molar-refractivity contribution in [3.05, 3.63) is 35.1 Å². The van der Waals surface area contributed by atoms with Gasteiger partial charge in [-0.2, -0.15) is 13.2 Å². The predicted molar refractivity (Wildman–Crippen MR) is 80.7 cm³/mol. The van der Waals surface area contributed by atoms with E-state index in [-0.39, 0.29) is 36.4 Å². The highest BCUT2D eigenvalue weighted by Gasteiger charge is 2.38. The zero-order chi connectivity index (χ0) is 18.2. The monoisotopic (exact) mass is 358 g/mol. The molecule has 1 saturated heterocycles. The molecule has 0 aromatic heterocycles. The van der Waals surface area contributed by atoms with E-state index in [2.05, 4.69) is 5.32 Å². The Morgan fingerprint density at radius 1 is 1.24 bits per heavy atom. The maximum atomic E-state index is 13.7. The van der Waals surface area contributed by atoms with E-state index in [1.807, 2.05) is 0 Å². The number of likely N-dealkylation sites (tertiary alicyclic amines) is 1. The van der Waals surface area contributed by atoms with E-state index in [0.717, 1.165) is 18.9 Å². The lowest BCUT2D eigenvalue weighted by Gasteiger charge is -2.32. The normalized spacial score (nSPS) is 21.4. The summed E-state index contributed by atoms with van der Waals surface area (Å²) in [6.07, 6.45) is -2.00. The van der Waals surface area contributed by atoms with E-state index < -0.39 is 23.5 Å². The smallest absolute Gasteiger partial charge is 0.352 e. The fourth-order valence-corrected chi connectivity index (χ4v) is 3.04. The Labute approximate surface area is 142 Å². The zero-order valence-corrected chi connectivity index (χ0v) is 13.4. The van der Waals surface area contributed by atoms with Gasteiger partial charge >= 0.3 is 6.18 Å². The molecule has 4 nitrogen and oxygen atoms in total. The molecule has 1 aliphatic heterocycles. The van der Waals surface area contributed by atoms with Crippen molar-refractivity contribution in [2.24, 2.45) is 5.92 Å². The molecule has 1 heterocycles. The number of hydrogen-bond donors (Lipinski definition) is 1. The van der Waals surface area contributed by atoms with Crippen molar-refractivity contribution in [3.63, 3.8) is 0 Å². The highest BCUT2D eigenvalue weighted by molar-refractivity contribution is 5.84. The standard InChI is InChI=1S/C17H18F4N2O2/c18-14-5-2-12(17(19,20)21)7-11(14)8-22-16(25)10-1-6-15(24)23(9-10)13-3-4-13/h2,5,7,10,13H,1,3-4,6,8-9H2,(H,22,25)/t10-/m1/s1. The quantitative estimate of drug-likeness (QED) is 0.842. The molecule has 1 N–H and O–H groups in total. The Morgan fingerprint density at radius 3 is 2.60 bits per heavy atom. The van der Waals surface area contributed by atoms with Crippen LogP contribution in [0.25, 0.3) is 0 Å². The minimum absolute atomic E-state index is 0.0375. The number of nitrogens with one attached hydrogen (secondary N) is 1. The molecule has 0 unspecified atom stereocenters. The molecule has 1 saturated carbocycles. The fourth-order valence-electron chi connectivity index (χ4n) is 3.04. The van der Waals surface area contributed by atoms with Gasteiger partial charge in [-0.05, 0) is 37.5 Å². The summed E-state index contributed by atoms with van der Waals surface area (Å²) in [5.74, 6) is -1.54. The number of alkyl halides is 3. The molecule has 0 radical (unpaired) electrons. The zero-order valence-electron chi connectivity index (χ0n) is 13.4. The lowest BCUT2D eigenvalue weighted by Crippen LogP contribution is -2.46. The van der Waals surface area contributed by atoms with Gasteiger partial charge in [-0.25, -0.2) is 4.39 Å². The molecule has 2 amide bonds. The molecule has 0 spiro atoms. The molecule has 3 rings (SSSR count). The van der Waals surface area contributed by atoms with Crippen LogP contribution in [0.4, 0.5) is 17.6 Å². The largest absolute Gasteiger partial charge is 0.416 e. The summed E-state index contributed by atoms with van der Waals surface area (Å²) in [7, 11) is 0. The van der Waals surface area contributed by atoms with Gasteiger partial charge < -0.3 is 10.2 Å². The van der Waals surface area contributed by atoms with Gasteiger partial charge in [0.1, 0.15) is 5.82 Å². The van der Waals surface area contributed by atoms with Crippen LogP contribution in [0, 0.1) is 11.7 Å². The molecule has 1 aromatic carbocycles. The molecule has 2 fully saturated rings. The van der Waals surface area contributed by atoms with Gasteiger partial charge in [-0.1, -0.05) is 0 Å². The average molecular weight is 358 g/mol. The lowest BCUT2D eigenvalue weighted by molar-refractivity contribution is -0.139. The molecule has 25 heavy (non-hydrogen) atoms. The summed E-state index contributed by atoms with van der Waals surface area (Å²) >= 11 is 0. The van der Waals surface area contributed by atoms with Crippen LogP contribution >= 0.6 is 0 Å². The van der Waals surface area contributed by atoms with Gasteiger partial charge in [0.2, 0.25) is 11.8 Å². The summed E-state index contributed by atoms with van der Waals surface area (Å²) in [5.41, 5.74) is -1.17. The van der Waals surface area contributed by atoms with Crippen molar-refractivity contribution < 1.29 is 27.2 Å². The fraction of sp³-hybridized carbons (Fsp3) is 0.529. The Balaban J connectivity index is 1.61. The minimum atomic E-state index is -4.57. The maximum Gasteiger partial charge on any atom is 0.416 e. The number of nitrogens with zero attached hydrogens (tertiary/aromatic N) is 1. The van der Waals surface area contributed by atoms with Crippen LogP contribution in [0.2, 0.25) is 0 Å². The summed E-state index contributed by atoms with van der Waals surface area (Å²) in [5, 5.41) is 2.50. The van der Waals surface area contributed by atoms with Crippen LogP contribution in [-0.2, 0) is 22.3 Å². The van der Waals surface area contributed by atoms with Crippen molar-refractivity contribution in [3.8, 4) is 0 Å². The van der Waals surface area contributed by atoms with Crippen molar-refractivity contribution in [2.45, 2.75) is 44.4 Å². The van der Waals surface area contributed by atoms with Gasteiger partial charge in [0.15, 0.2) is 0 Å². The topological polar surface area (TPSA) is 49.4 Å². The number of amides is 2. The van der Waals surface area contributed by atoms with Crippen LogP contribution < -0.4 is 5.32 Å². The van der Waals surface area contributed by atoms with Gasteiger partial charge in [-0.3, -0.25) is 9.59 Å². The van der Waals surface area contributed by atoms with E-state index in [1.165, 1.54) is 0 Å². The third-order valence-corrected chi connectivity index (χ3v) is 4.63. The van der Waals surface area contributed by atoms with Crippen LogP contribution in [0.5, 0.6) is 0 Å². The van der Waals surface area contributed by atoms with E-state index in [4.69, 9.17) is 0 Å². The molecule has 8 heteroatoms. The first-order chi connectivity index (χ1) is 11.8. The van der Waals surface area contributed by atoms with Gasteiger partial charge in [-0.15, -0.1) is 0 Å². The molecule has 2 aliphatic rings. The van der Waals surface area contributed by atoms with Crippen molar-refractivity contribution in [1.29, 1.82) is 0 Å². The molecule has 1 aliphatic carbocycles. The number of piperidine rings is 1. The van der Waals surface area contributed by atoms with Crippen molar-refractivity contribution in [1.82, 2.24) is 10.2 Å². The van der Waals surface area contributed by atoms with Gasteiger partial charge in [0.25, 0.3) is 0 Å². The van der Waals surface area contributed by atoms with Crippen LogP contribution in [-0.4, -0.2) is 29.3 Å². The van der Waals surface area contributed by atoms with Gasteiger partial charge in [0.05, 0.1) is 11.5 Å². The Bertz CT molecular complexity index is 686. The first-order valence-corrected chi connectivity index (χ1v) is 8.18. The van der Waals surface area contributed by atoms with Crippen LogP contribution in [0.3, 0.4) is 0 Å². The number of carbonyl (C=O) groups is 2. The van der Waals surface area contributed by atoms with Crippen LogP contribution in [0.15, 0.2) is 18.2 Å². The van der Waals surface area contributed by atoms with E-state index >= 15 is 0 Å². The molecule has 1 atom stereocenters. The first kappa shape index (κ1) is 17.7. The van der Waals surface area contributed by atoms with Crippen molar-refractivity contribution >= 4 is 11.8 Å². The molecule has 136 valence electrons. The third-order valence-electron chi connectivity index (χ3n) is 4.63. The van der Waals surface area contributed by atoms with E-state index in [0.29, 0.717) is 25.1 Å². The average Bonchev–Trinajstić information content (AvgIpc) is 3.38. The molecule has 0 bridgehead atoms. The Morgan fingerprint density at radius 2 is 1.96 bits per heavy atom. The Kier molecular flexibility index (Phi) is 4.71. The Hall–Kier alpha value is -2.12. The first-order valence-electron chi connectivity index (χ1n) is 8.18. The summed E-state index contributed by atoms with van der Waals surface area (Å²) in [6, 6.07) is 2.33. The molecule has 1 aromatic rings. The molecular formula is C17H18F4N2O2. The highest BCUT2D eigenvalue weighted by atomic mass is 19.4. The summed E-state index contributed by atoms with van der Waals surface area (Å²) in [6.45, 7) is 0.00285. The lowest BCUT2D eigenvalue weighted by atomic mass is 9.96. The van der Waals surface area contributed by atoms with Crippen LogP contribution in [0.1, 0.15) is 36.8 Å². The minimum Gasteiger partial charge on any atom is -0.352 e. The summed E-state index contributed by atoms with van der Waals surface area (Å²) in [4.78, 5) is 25.8. The number of hydrogen-bond acceptors (Lipinski definition) is 2. The second kappa shape index (κ2) is 6.65.